The Labute approximate surface area is 163 Å². The molecule has 2 heterocycles. The minimum absolute atomic E-state index is 0.0876. The summed E-state index contributed by atoms with van der Waals surface area (Å²) < 4.78 is 16.0. The molecular weight excluding hydrogens is 358 g/mol. The molecule has 2 aromatic heterocycles. The Hall–Kier alpha value is -3.09. The zero-order valence-electron chi connectivity index (χ0n) is 16.5. The van der Waals surface area contributed by atoms with Crippen LogP contribution in [0.1, 0.15) is 46.1 Å². The number of carbonyl (C=O) groups is 1. The molecule has 3 aromatic rings. The highest BCUT2D eigenvalue weighted by Gasteiger charge is 2.29. The normalized spacial score (nSPS) is 13.6. The van der Waals surface area contributed by atoms with E-state index in [1.54, 1.807) is 26.2 Å². The number of hydrogen-bond acceptors (Lipinski definition) is 6. The zero-order valence-corrected chi connectivity index (χ0v) is 16.5. The van der Waals surface area contributed by atoms with Crippen LogP contribution in [0.4, 0.5) is 0 Å². The van der Waals surface area contributed by atoms with Gasteiger partial charge in [0, 0.05) is 25.2 Å². The number of methoxy groups -OCH3 is 2. The number of aromatic nitrogens is 2. The van der Waals surface area contributed by atoms with Crippen molar-refractivity contribution in [2.45, 2.75) is 32.2 Å². The van der Waals surface area contributed by atoms with Crippen molar-refractivity contribution in [1.29, 1.82) is 0 Å². The first-order valence-corrected chi connectivity index (χ1v) is 9.25. The largest absolute Gasteiger partial charge is 0.493 e. The van der Waals surface area contributed by atoms with Gasteiger partial charge in [-0.2, -0.15) is 0 Å². The summed E-state index contributed by atoms with van der Waals surface area (Å²) in [6.45, 7) is 2.27. The second-order valence-electron chi connectivity index (χ2n) is 7.17. The number of pyridine rings is 1. The first-order chi connectivity index (χ1) is 13.5. The number of benzene rings is 1. The molecule has 0 atom stereocenters. The van der Waals surface area contributed by atoms with Gasteiger partial charge in [0.05, 0.1) is 30.9 Å². The van der Waals surface area contributed by atoms with E-state index in [1.165, 1.54) is 0 Å². The van der Waals surface area contributed by atoms with Crippen LogP contribution < -0.4 is 9.47 Å². The van der Waals surface area contributed by atoms with Crippen LogP contribution in [0.3, 0.4) is 0 Å². The minimum atomic E-state index is -0.0876. The molecule has 4 rings (SSSR count). The van der Waals surface area contributed by atoms with Crippen molar-refractivity contribution >= 4 is 17.0 Å². The highest BCUT2D eigenvalue weighted by molar-refractivity contribution is 6.06. The molecule has 0 unspecified atom stereocenters. The summed E-state index contributed by atoms with van der Waals surface area (Å²) in [6.07, 6.45) is 2.20. The predicted octanol–water partition coefficient (Wildman–Crippen LogP) is 3.70. The molecule has 146 valence electrons. The molecular formula is C21H23N3O4. The van der Waals surface area contributed by atoms with Crippen molar-refractivity contribution in [3.05, 3.63) is 46.8 Å². The number of carbonyl (C=O) groups excluding carboxylic acids is 1. The molecule has 0 N–H and O–H groups in total. The van der Waals surface area contributed by atoms with Crippen LogP contribution >= 0.6 is 0 Å². The summed E-state index contributed by atoms with van der Waals surface area (Å²) in [4.78, 5) is 19.5. The SMILES string of the molecule is COc1ccc(CN(C)C(=O)c2cc(C3CC3)nc3onc(C)c23)cc1OC. The maximum Gasteiger partial charge on any atom is 0.259 e. The van der Waals surface area contributed by atoms with Gasteiger partial charge in [0.2, 0.25) is 0 Å². The van der Waals surface area contributed by atoms with Crippen molar-refractivity contribution in [2.75, 3.05) is 21.3 Å². The van der Waals surface area contributed by atoms with Crippen molar-refractivity contribution in [3.8, 4) is 11.5 Å². The van der Waals surface area contributed by atoms with E-state index in [1.807, 2.05) is 31.2 Å². The third-order valence-corrected chi connectivity index (χ3v) is 5.08. The average Bonchev–Trinajstić information content (AvgIpc) is 3.50. The van der Waals surface area contributed by atoms with Crippen molar-refractivity contribution < 1.29 is 18.8 Å². The Morgan fingerprint density at radius 1 is 1.21 bits per heavy atom. The maximum atomic E-state index is 13.3. The van der Waals surface area contributed by atoms with Gasteiger partial charge >= 0.3 is 0 Å². The Morgan fingerprint density at radius 2 is 1.96 bits per heavy atom. The van der Waals surface area contributed by atoms with Gasteiger partial charge in [-0.25, -0.2) is 4.98 Å². The number of hydrogen-bond donors (Lipinski definition) is 0. The molecule has 0 spiro atoms. The predicted molar refractivity (Wildman–Crippen MR) is 104 cm³/mol. The Morgan fingerprint density at radius 3 is 2.64 bits per heavy atom. The molecule has 1 saturated carbocycles. The summed E-state index contributed by atoms with van der Waals surface area (Å²) in [5.74, 6) is 1.62. The fourth-order valence-electron chi connectivity index (χ4n) is 3.40. The zero-order chi connectivity index (χ0) is 19.8. The lowest BCUT2D eigenvalue weighted by molar-refractivity contribution is 0.0786. The molecule has 1 fully saturated rings. The van der Waals surface area contributed by atoms with Crippen molar-refractivity contribution in [2.24, 2.45) is 0 Å². The fraction of sp³-hybridized carbons (Fsp3) is 0.381. The number of ether oxygens (including phenoxy) is 2. The van der Waals surface area contributed by atoms with Crippen LogP contribution in [0.2, 0.25) is 0 Å². The Balaban J connectivity index is 1.65. The fourth-order valence-corrected chi connectivity index (χ4v) is 3.40. The van der Waals surface area contributed by atoms with Gasteiger partial charge in [0.15, 0.2) is 11.5 Å². The smallest absolute Gasteiger partial charge is 0.259 e. The summed E-state index contributed by atoms with van der Waals surface area (Å²) in [5.41, 5.74) is 3.56. The molecule has 1 aliphatic carbocycles. The third kappa shape index (κ3) is 3.28. The standard InChI is InChI=1S/C21H23N3O4/c1-12-19-15(10-16(14-6-7-14)22-20(19)28-23-12)21(25)24(2)11-13-5-8-17(26-3)18(9-13)27-4/h5,8-10,14H,6-7,11H2,1-4H3. The lowest BCUT2D eigenvalue weighted by Gasteiger charge is -2.19. The van der Waals surface area contributed by atoms with Crippen LogP contribution in [-0.2, 0) is 6.54 Å². The summed E-state index contributed by atoms with van der Waals surface area (Å²) in [6, 6.07) is 7.54. The van der Waals surface area contributed by atoms with Gasteiger partial charge in [-0.1, -0.05) is 11.2 Å². The van der Waals surface area contributed by atoms with E-state index in [-0.39, 0.29) is 5.91 Å². The number of amides is 1. The monoisotopic (exact) mass is 381 g/mol. The van der Waals surface area contributed by atoms with Gasteiger partial charge in [-0.3, -0.25) is 4.79 Å². The number of rotatable bonds is 6. The van der Waals surface area contributed by atoms with Crippen LogP contribution in [0.15, 0.2) is 28.8 Å². The maximum absolute atomic E-state index is 13.3. The number of aryl methyl sites for hydroxylation is 1. The second-order valence-corrected chi connectivity index (χ2v) is 7.17. The van der Waals surface area contributed by atoms with Gasteiger partial charge in [0.1, 0.15) is 0 Å². The van der Waals surface area contributed by atoms with E-state index >= 15 is 0 Å². The molecule has 0 saturated heterocycles. The van der Waals surface area contributed by atoms with Crippen LogP contribution in [-0.4, -0.2) is 42.2 Å². The van der Waals surface area contributed by atoms with E-state index in [2.05, 4.69) is 10.1 Å². The highest BCUT2D eigenvalue weighted by atomic mass is 16.5. The topological polar surface area (TPSA) is 77.7 Å². The van der Waals surface area contributed by atoms with Gasteiger partial charge in [0.25, 0.3) is 11.6 Å². The quantitative estimate of drug-likeness (QED) is 0.648. The molecule has 7 heteroatoms. The third-order valence-electron chi connectivity index (χ3n) is 5.08. The van der Waals surface area contributed by atoms with Gasteiger partial charge in [-0.15, -0.1) is 0 Å². The van der Waals surface area contributed by atoms with E-state index < -0.39 is 0 Å². The second kappa shape index (κ2) is 7.14. The molecule has 0 radical (unpaired) electrons. The molecule has 1 amide bonds. The molecule has 0 aliphatic heterocycles. The lowest BCUT2D eigenvalue weighted by atomic mass is 10.1. The van der Waals surface area contributed by atoms with Crippen LogP contribution in [0, 0.1) is 6.92 Å². The van der Waals surface area contributed by atoms with Gasteiger partial charge < -0.3 is 18.9 Å². The van der Waals surface area contributed by atoms with E-state index in [0.29, 0.717) is 46.3 Å². The van der Waals surface area contributed by atoms with E-state index in [0.717, 1.165) is 24.1 Å². The Kier molecular flexibility index (Phi) is 4.66. The summed E-state index contributed by atoms with van der Waals surface area (Å²) >= 11 is 0. The molecule has 7 nitrogen and oxygen atoms in total. The van der Waals surface area contributed by atoms with Crippen molar-refractivity contribution in [3.63, 3.8) is 0 Å². The molecule has 1 aliphatic rings. The number of fused-ring (bicyclic) bond motifs is 1. The summed E-state index contributed by atoms with van der Waals surface area (Å²) in [7, 11) is 4.98. The minimum Gasteiger partial charge on any atom is -0.493 e. The first kappa shape index (κ1) is 18.3. The summed E-state index contributed by atoms with van der Waals surface area (Å²) in [5, 5.41) is 4.69. The molecule has 28 heavy (non-hydrogen) atoms. The van der Waals surface area contributed by atoms with E-state index in [4.69, 9.17) is 14.0 Å². The number of nitrogens with zero attached hydrogens (tertiary/aromatic N) is 3. The van der Waals surface area contributed by atoms with Crippen molar-refractivity contribution in [1.82, 2.24) is 15.0 Å². The Bertz CT molecular complexity index is 1040. The van der Waals surface area contributed by atoms with Crippen LogP contribution in [0.25, 0.3) is 11.1 Å². The molecule has 0 bridgehead atoms. The average molecular weight is 381 g/mol. The molecule has 1 aromatic carbocycles. The lowest BCUT2D eigenvalue weighted by Crippen LogP contribution is -2.26. The van der Waals surface area contributed by atoms with Gasteiger partial charge in [-0.05, 0) is 43.5 Å². The first-order valence-electron chi connectivity index (χ1n) is 9.25. The van der Waals surface area contributed by atoms with E-state index in [9.17, 15) is 4.79 Å². The van der Waals surface area contributed by atoms with Crippen LogP contribution in [0.5, 0.6) is 11.5 Å². The highest BCUT2D eigenvalue weighted by Crippen LogP contribution is 2.40.